The van der Waals surface area contributed by atoms with Crippen LogP contribution in [0, 0.1) is 6.92 Å². The summed E-state index contributed by atoms with van der Waals surface area (Å²) >= 11 is 1.83. The van der Waals surface area contributed by atoms with Crippen LogP contribution < -0.4 is 0 Å². The molecule has 0 spiro atoms. The summed E-state index contributed by atoms with van der Waals surface area (Å²) in [5.41, 5.74) is 1.41. The number of benzene rings is 2. The molecule has 3 aromatic rings. The van der Waals surface area contributed by atoms with Crippen molar-refractivity contribution in [3.63, 3.8) is 0 Å². The minimum atomic E-state index is 1.34. The first-order valence-electron chi connectivity index (χ1n) is 4.72. The average molecular weight is 198 g/mol. The Morgan fingerprint density at radius 3 is 2.79 bits per heavy atom. The number of aryl methyl sites for hydroxylation is 1. The van der Waals surface area contributed by atoms with Crippen molar-refractivity contribution in [3.8, 4) is 0 Å². The Hall–Kier alpha value is -1.34. The van der Waals surface area contributed by atoms with Gasteiger partial charge in [-0.25, -0.2) is 0 Å². The number of thiophene rings is 1. The van der Waals surface area contributed by atoms with Crippen LogP contribution in [0.1, 0.15) is 5.56 Å². The molecule has 0 amide bonds. The zero-order valence-electron chi connectivity index (χ0n) is 7.95. The highest BCUT2D eigenvalue weighted by Gasteiger charge is 2.03. The maximum atomic E-state index is 2.27. The van der Waals surface area contributed by atoms with Crippen molar-refractivity contribution in [2.75, 3.05) is 0 Å². The van der Waals surface area contributed by atoms with Crippen molar-refractivity contribution < 1.29 is 0 Å². The van der Waals surface area contributed by atoms with Crippen LogP contribution in [-0.2, 0) is 0 Å². The van der Waals surface area contributed by atoms with Crippen LogP contribution in [0.4, 0.5) is 0 Å². The predicted octanol–water partition coefficient (Wildman–Crippen LogP) is 4.36. The van der Waals surface area contributed by atoms with Gasteiger partial charge in [0, 0.05) is 4.70 Å². The maximum Gasteiger partial charge on any atom is 0.0378 e. The van der Waals surface area contributed by atoms with E-state index < -0.39 is 0 Å². The number of rotatable bonds is 0. The Morgan fingerprint density at radius 1 is 1.00 bits per heavy atom. The van der Waals surface area contributed by atoms with Gasteiger partial charge in [-0.05, 0) is 46.2 Å². The topological polar surface area (TPSA) is 0 Å². The Labute approximate surface area is 86.8 Å². The zero-order chi connectivity index (χ0) is 9.54. The van der Waals surface area contributed by atoms with Crippen molar-refractivity contribution in [2.24, 2.45) is 0 Å². The van der Waals surface area contributed by atoms with Crippen molar-refractivity contribution in [1.29, 1.82) is 0 Å². The van der Waals surface area contributed by atoms with Crippen molar-refractivity contribution in [3.05, 3.63) is 47.3 Å². The molecule has 3 rings (SSSR count). The summed E-state index contributed by atoms with van der Waals surface area (Å²) in [4.78, 5) is 0. The summed E-state index contributed by atoms with van der Waals surface area (Å²) in [6.45, 7) is 2.21. The van der Waals surface area contributed by atoms with E-state index in [1.54, 1.807) is 0 Å². The summed E-state index contributed by atoms with van der Waals surface area (Å²) in [5, 5.41) is 6.25. The van der Waals surface area contributed by atoms with Crippen molar-refractivity contribution in [2.45, 2.75) is 6.92 Å². The molecule has 1 heterocycles. The van der Waals surface area contributed by atoms with Gasteiger partial charge in [-0.15, -0.1) is 11.3 Å². The van der Waals surface area contributed by atoms with Gasteiger partial charge in [-0.3, -0.25) is 0 Å². The van der Waals surface area contributed by atoms with Crippen molar-refractivity contribution >= 4 is 32.2 Å². The molecule has 0 fully saturated rings. The standard InChI is InChI=1S/C13H10S/c1-9-12-5-3-2-4-10(12)8-11-6-7-14-13(9)11/h2-8H,1H3. The number of hydrogen-bond donors (Lipinski definition) is 0. The predicted molar refractivity (Wildman–Crippen MR) is 64.1 cm³/mol. The fourth-order valence-electron chi connectivity index (χ4n) is 1.99. The highest BCUT2D eigenvalue weighted by atomic mass is 32.1. The molecule has 68 valence electrons. The molecule has 0 aliphatic carbocycles. The lowest BCUT2D eigenvalue weighted by Gasteiger charge is -2.02. The quantitative estimate of drug-likeness (QED) is 0.503. The van der Waals surface area contributed by atoms with E-state index in [0.29, 0.717) is 0 Å². The van der Waals surface area contributed by atoms with Gasteiger partial charge in [0.1, 0.15) is 0 Å². The third-order valence-electron chi connectivity index (χ3n) is 2.71. The molecule has 0 saturated carbocycles. The molecule has 0 radical (unpaired) electrons. The van der Waals surface area contributed by atoms with Gasteiger partial charge in [0.15, 0.2) is 0 Å². The van der Waals surface area contributed by atoms with E-state index in [9.17, 15) is 0 Å². The highest BCUT2D eigenvalue weighted by molar-refractivity contribution is 7.17. The fourth-order valence-corrected chi connectivity index (χ4v) is 2.89. The first kappa shape index (κ1) is 8.01. The van der Waals surface area contributed by atoms with Crippen LogP contribution in [0.3, 0.4) is 0 Å². The maximum absolute atomic E-state index is 2.27. The summed E-state index contributed by atoms with van der Waals surface area (Å²) in [6, 6.07) is 13.0. The van der Waals surface area contributed by atoms with Crippen LogP contribution in [0.15, 0.2) is 41.8 Å². The molecule has 1 aromatic heterocycles. The second kappa shape index (κ2) is 2.82. The van der Waals surface area contributed by atoms with Gasteiger partial charge in [-0.2, -0.15) is 0 Å². The Kier molecular flexibility index (Phi) is 1.62. The summed E-state index contributed by atoms with van der Waals surface area (Å²) in [6.07, 6.45) is 0. The van der Waals surface area contributed by atoms with Crippen molar-refractivity contribution in [1.82, 2.24) is 0 Å². The number of fused-ring (bicyclic) bond motifs is 2. The molecule has 0 saturated heterocycles. The van der Waals surface area contributed by atoms with E-state index in [1.807, 2.05) is 11.3 Å². The summed E-state index contributed by atoms with van der Waals surface area (Å²) in [5.74, 6) is 0. The Bertz CT molecular complexity index is 605. The van der Waals surface area contributed by atoms with E-state index in [0.717, 1.165) is 0 Å². The molecule has 0 bridgehead atoms. The van der Waals surface area contributed by atoms with E-state index in [-0.39, 0.29) is 0 Å². The minimum Gasteiger partial charge on any atom is -0.144 e. The lowest BCUT2D eigenvalue weighted by Crippen LogP contribution is -1.77. The molecule has 1 heteroatoms. The molecule has 0 unspecified atom stereocenters. The second-order valence-electron chi connectivity index (χ2n) is 3.56. The lowest BCUT2D eigenvalue weighted by molar-refractivity contribution is 1.61. The molecule has 0 aliphatic rings. The highest BCUT2D eigenvalue weighted by Crippen LogP contribution is 2.31. The number of hydrogen-bond acceptors (Lipinski definition) is 1. The summed E-state index contributed by atoms with van der Waals surface area (Å²) in [7, 11) is 0. The normalized spacial score (nSPS) is 11.2. The van der Waals surface area contributed by atoms with Gasteiger partial charge in [-0.1, -0.05) is 24.3 Å². The second-order valence-corrected chi connectivity index (χ2v) is 4.48. The van der Waals surface area contributed by atoms with E-state index in [4.69, 9.17) is 0 Å². The van der Waals surface area contributed by atoms with Crippen LogP contribution >= 0.6 is 11.3 Å². The molecule has 0 nitrogen and oxygen atoms in total. The van der Waals surface area contributed by atoms with Gasteiger partial charge < -0.3 is 0 Å². The van der Waals surface area contributed by atoms with Gasteiger partial charge in [0.25, 0.3) is 0 Å². The molecular weight excluding hydrogens is 188 g/mol. The SMILES string of the molecule is Cc1c2ccccc2cc2ccsc12. The zero-order valence-corrected chi connectivity index (χ0v) is 8.77. The van der Waals surface area contributed by atoms with Gasteiger partial charge in [0.2, 0.25) is 0 Å². The lowest BCUT2D eigenvalue weighted by atomic mass is 10.0. The van der Waals surface area contributed by atoms with E-state index in [1.165, 1.54) is 26.4 Å². The summed E-state index contributed by atoms with van der Waals surface area (Å²) < 4.78 is 1.42. The smallest absolute Gasteiger partial charge is 0.0378 e. The molecule has 2 aromatic carbocycles. The first-order chi connectivity index (χ1) is 6.86. The van der Waals surface area contributed by atoms with E-state index >= 15 is 0 Å². The average Bonchev–Trinajstić information content (AvgIpc) is 2.66. The molecule has 0 atom stereocenters. The van der Waals surface area contributed by atoms with Crippen LogP contribution in [0.25, 0.3) is 20.9 Å². The van der Waals surface area contributed by atoms with Crippen LogP contribution in [0.2, 0.25) is 0 Å². The molecule has 0 aliphatic heterocycles. The Balaban J connectivity index is 2.63. The molecular formula is C13H10S. The fraction of sp³-hybridized carbons (Fsp3) is 0.0769. The molecule has 14 heavy (non-hydrogen) atoms. The van der Waals surface area contributed by atoms with Gasteiger partial charge >= 0.3 is 0 Å². The first-order valence-corrected chi connectivity index (χ1v) is 5.60. The molecule has 0 N–H and O–H groups in total. The monoisotopic (exact) mass is 198 g/mol. The van der Waals surface area contributed by atoms with E-state index in [2.05, 4.69) is 48.7 Å². The van der Waals surface area contributed by atoms with Gasteiger partial charge in [0.05, 0.1) is 0 Å². The van der Waals surface area contributed by atoms with Crippen LogP contribution in [0.5, 0.6) is 0 Å². The Morgan fingerprint density at radius 2 is 1.86 bits per heavy atom. The largest absolute Gasteiger partial charge is 0.144 e. The minimum absolute atomic E-state index is 1.34. The third kappa shape index (κ3) is 0.992. The van der Waals surface area contributed by atoms with Crippen LogP contribution in [-0.4, -0.2) is 0 Å². The third-order valence-corrected chi connectivity index (χ3v) is 3.76.